The molecule has 0 saturated heterocycles. The van der Waals surface area contributed by atoms with Gasteiger partial charge in [0, 0.05) is 22.2 Å². The van der Waals surface area contributed by atoms with Crippen molar-refractivity contribution in [3.63, 3.8) is 0 Å². The zero-order chi connectivity index (χ0) is 23.8. The molecule has 0 unspecified atom stereocenters. The van der Waals surface area contributed by atoms with Gasteiger partial charge in [-0.3, -0.25) is 9.59 Å². The number of rotatable bonds is 6. The minimum Gasteiger partial charge on any atom is -0.343 e. The van der Waals surface area contributed by atoms with Crippen LogP contribution < -0.4 is 10.6 Å². The maximum Gasteiger partial charge on any atom is 0.405 e. The molecular formula is C23H20ClF3N4O2. The smallest absolute Gasteiger partial charge is 0.343 e. The maximum absolute atomic E-state index is 13.0. The number of halogens is 4. The van der Waals surface area contributed by atoms with Gasteiger partial charge in [0.2, 0.25) is 0 Å². The van der Waals surface area contributed by atoms with E-state index in [0.717, 1.165) is 29.8 Å². The van der Waals surface area contributed by atoms with E-state index >= 15 is 0 Å². The Morgan fingerprint density at radius 2 is 1.82 bits per heavy atom. The monoisotopic (exact) mass is 476 g/mol. The molecular weight excluding hydrogens is 457 g/mol. The summed E-state index contributed by atoms with van der Waals surface area (Å²) in [6.45, 7) is 0.492. The highest BCUT2D eigenvalue weighted by molar-refractivity contribution is 6.31. The lowest BCUT2D eigenvalue weighted by atomic mass is 10.1. The first-order chi connectivity index (χ1) is 15.6. The molecule has 2 N–H and O–H groups in total. The molecule has 1 aliphatic carbocycles. The number of nitrogens with zero attached hydrogens (tertiary/aromatic N) is 2. The fraction of sp³-hybridized carbons (Fsp3) is 0.261. The van der Waals surface area contributed by atoms with E-state index in [2.05, 4.69) is 10.4 Å². The first-order valence-electron chi connectivity index (χ1n) is 10.2. The third-order valence-corrected chi connectivity index (χ3v) is 5.68. The van der Waals surface area contributed by atoms with Gasteiger partial charge < -0.3 is 10.6 Å². The molecule has 2 aromatic carbocycles. The number of aryl methyl sites for hydroxylation is 1. The van der Waals surface area contributed by atoms with Gasteiger partial charge in [-0.15, -0.1) is 0 Å². The largest absolute Gasteiger partial charge is 0.405 e. The lowest BCUT2D eigenvalue weighted by molar-refractivity contribution is -0.123. The normalized spacial score (nSPS) is 13.6. The molecule has 0 radical (unpaired) electrons. The van der Waals surface area contributed by atoms with Gasteiger partial charge in [0.1, 0.15) is 6.54 Å². The van der Waals surface area contributed by atoms with E-state index < -0.39 is 18.6 Å². The van der Waals surface area contributed by atoms with Crippen LogP contribution in [0.2, 0.25) is 5.02 Å². The molecule has 0 aliphatic heterocycles. The van der Waals surface area contributed by atoms with Crippen LogP contribution in [0.5, 0.6) is 0 Å². The van der Waals surface area contributed by atoms with E-state index in [1.165, 1.54) is 30.5 Å². The number of carbonyl (C=O) groups excluding carboxylic acids is 2. The van der Waals surface area contributed by atoms with Crippen LogP contribution in [0, 0.1) is 6.92 Å². The number of amides is 2. The highest BCUT2D eigenvalue weighted by atomic mass is 35.5. The van der Waals surface area contributed by atoms with Crippen molar-refractivity contribution in [3.05, 3.63) is 76.1 Å². The van der Waals surface area contributed by atoms with Crippen molar-refractivity contribution >= 4 is 29.1 Å². The van der Waals surface area contributed by atoms with E-state index in [9.17, 15) is 22.8 Å². The molecule has 1 aliphatic rings. The van der Waals surface area contributed by atoms with Gasteiger partial charge in [-0.05, 0) is 61.7 Å². The number of hydrogen-bond donors (Lipinski definition) is 2. The molecule has 0 atom stereocenters. The van der Waals surface area contributed by atoms with Gasteiger partial charge in [-0.1, -0.05) is 17.7 Å². The fourth-order valence-electron chi connectivity index (χ4n) is 3.39. The van der Waals surface area contributed by atoms with Crippen LogP contribution >= 0.6 is 11.6 Å². The molecule has 2 amide bonds. The van der Waals surface area contributed by atoms with Crippen LogP contribution in [0.15, 0.2) is 48.7 Å². The Kier molecular flexibility index (Phi) is 6.16. The second-order valence-electron chi connectivity index (χ2n) is 7.89. The molecule has 1 saturated carbocycles. The van der Waals surface area contributed by atoms with Crippen molar-refractivity contribution in [3.8, 4) is 5.69 Å². The molecule has 1 aromatic heterocycles. The van der Waals surface area contributed by atoms with Gasteiger partial charge in [0.25, 0.3) is 11.8 Å². The Bertz CT molecular complexity index is 1200. The number of anilines is 1. The topological polar surface area (TPSA) is 76.0 Å². The number of alkyl halides is 3. The summed E-state index contributed by atoms with van der Waals surface area (Å²) in [5, 5.41) is 9.58. The number of aromatic nitrogens is 2. The molecule has 4 rings (SSSR count). The molecule has 0 bridgehead atoms. The van der Waals surface area contributed by atoms with Crippen molar-refractivity contribution in [2.24, 2.45) is 0 Å². The van der Waals surface area contributed by atoms with Gasteiger partial charge in [-0.2, -0.15) is 18.3 Å². The molecule has 1 fully saturated rings. The molecule has 0 spiro atoms. The summed E-state index contributed by atoms with van der Waals surface area (Å²) in [6, 6.07) is 11.2. The van der Waals surface area contributed by atoms with E-state index in [-0.39, 0.29) is 17.4 Å². The average Bonchev–Trinajstić information content (AvgIpc) is 3.51. The summed E-state index contributed by atoms with van der Waals surface area (Å²) in [4.78, 5) is 24.8. The fourth-order valence-corrected chi connectivity index (χ4v) is 3.56. The summed E-state index contributed by atoms with van der Waals surface area (Å²) in [5.41, 5.74) is 3.40. The lowest BCUT2D eigenvalue weighted by Gasteiger charge is -2.11. The van der Waals surface area contributed by atoms with Crippen molar-refractivity contribution in [2.75, 3.05) is 11.9 Å². The Morgan fingerprint density at radius 1 is 1.12 bits per heavy atom. The maximum atomic E-state index is 13.0. The third-order valence-electron chi connectivity index (χ3n) is 5.27. The minimum absolute atomic E-state index is 0.0555. The van der Waals surface area contributed by atoms with Gasteiger partial charge in [-0.25, -0.2) is 4.68 Å². The second-order valence-corrected chi connectivity index (χ2v) is 8.30. The van der Waals surface area contributed by atoms with Gasteiger partial charge in [0.05, 0.1) is 23.1 Å². The van der Waals surface area contributed by atoms with Crippen LogP contribution in [0.1, 0.15) is 50.7 Å². The van der Waals surface area contributed by atoms with Crippen molar-refractivity contribution < 1.29 is 22.8 Å². The summed E-state index contributed by atoms with van der Waals surface area (Å²) in [6.07, 6.45) is -1.08. The highest BCUT2D eigenvalue weighted by Gasteiger charge is 2.33. The van der Waals surface area contributed by atoms with Crippen LogP contribution in [0.4, 0.5) is 18.9 Å². The van der Waals surface area contributed by atoms with E-state index in [4.69, 9.17) is 11.6 Å². The van der Waals surface area contributed by atoms with Gasteiger partial charge in [0.15, 0.2) is 0 Å². The lowest BCUT2D eigenvalue weighted by Crippen LogP contribution is -2.33. The first kappa shape index (κ1) is 22.8. The SMILES string of the molecule is Cc1ccc(-n2ncc(C(=O)Nc3ccc(C(=O)NCC(F)(F)F)cc3)c2C2CC2)cc1Cl. The molecule has 33 heavy (non-hydrogen) atoms. The summed E-state index contributed by atoms with van der Waals surface area (Å²) in [7, 11) is 0. The second kappa shape index (κ2) is 8.90. The summed E-state index contributed by atoms with van der Waals surface area (Å²) in [5.74, 6) is -0.997. The van der Waals surface area contributed by atoms with E-state index in [0.29, 0.717) is 16.3 Å². The van der Waals surface area contributed by atoms with E-state index in [1.807, 2.05) is 19.1 Å². The van der Waals surface area contributed by atoms with Crippen LogP contribution in [0.3, 0.4) is 0 Å². The predicted octanol–water partition coefficient (Wildman–Crippen LogP) is 5.26. The quantitative estimate of drug-likeness (QED) is 0.510. The van der Waals surface area contributed by atoms with Crippen molar-refractivity contribution in [1.29, 1.82) is 0 Å². The zero-order valence-corrected chi connectivity index (χ0v) is 18.3. The molecule has 6 nitrogen and oxygen atoms in total. The number of nitrogens with one attached hydrogen (secondary N) is 2. The molecule has 172 valence electrons. The zero-order valence-electron chi connectivity index (χ0n) is 17.5. The Labute approximate surface area is 192 Å². The minimum atomic E-state index is -4.49. The standard InChI is InChI=1S/C23H20ClF3N4O2/c1-13-2-9-17(10-19(13)24)31-20(14-3-4-14)18(11-29-31)22(33)30-16-7-5-15(6-8-16)21(32)28-12-23(25,26)27/h2,5-11,14H,3-4,12H2,1H3,(H,28,32)(H,30,33). The Morgan fingerprint density at radius 3 is 2.42 bits per heavy atom. The van der Waals surface area contributed by atoms with Gasteiger partial charge >= 0.3 is 6.18 Å². The molecule has 1 heterocycles. The third kappa shape index (κ3) is 5.36. The summed E-state index contributed by atoms with van der Waals surface area (Å²) >= 11 is 6.26. The highest BCUT2D eigenvalue weighted by Crippen LogP contribution is 2.42. The predicted molar refractivity (Wildman–Crippen MR) is 118 cm³/mol. The van der Waals surface area contributed by atoms with E-state index in [1.54, 1.807) is 16.1 Å². The van der Waals surface area contributed by atoms with Crippen LogP contribution in [-0.2, 0) is 0 Å². The van der Waals surface area contributed by atoms with Crippen LogP contribution in [-0.4, -0.2) is 34.3 Å². The molecule has 10 heteroatoms. The number of carbonyl (C=O) groups is 2. The van der Waals surface area contributed by atoms with Crippen molar-refractivity contribution in [1.82, 2.24) is 15.1 Å². The van der Waals surface area contributed by atoms with Crippen LogP contribution in [0.25, 0.3) is 5.69 Å². The Hall–Kier alpha value is -3.33. The Balaban J connectivity index is 1.50. The van der Waals surface area contributed by atoms with Crippen molar-refractivity contribution in [2.45, 2.75) is 31.9 Å². The summed E-state index contributed by atoms with van der Waals surface area (Å²) < 4.78 is 38.5. The average molecular weight is 477 g/mol. The first-order valence-corrected chi connectivity index (χ1v) is 10.6. The number of hydrogen-bond acceptors (Lipinski definition) is 3. The molecule has 3 aromatic rings. The number of benzene rings is 2.